The highest BCUT2D eigenvalue weighted by Gasteiger charge is 2.32. The molecule has 0 bridgehead atoms. The molecule has 0 aliphatic carbocycles. The van der Waals surface area contributed by atoms with Gasteiger partial charge in [-0.25, -0.2) is 0 Å². The van der Waals surface area contributed by atoms with Crippen LogP contribution in [0, 0.1) is 10.1 Å². The second-order valence-electron chi connectivity index (χ2n) is 4.31. The number of nitro groups is 1. The van der Waals surface area contributed by atoms with Crippen molar-refractivity contribution in [2.24, 2.45) is 0 Å². The van der Waals surface area contributed by atoms with Gasteiger partial charge in [0.05, 0.1) is 10.5 Å². The summed E-state index contributed by atoms with van der Waals surface area (Å²) in [6.07, 6.45) is -4.41. The van der Waals surface area contributed by atoms with Crippen molar-refractivity contribution in [3.63, 3.8) is 0 Å². The number of non-ortho nitro benzene ring substituents is 1. The summed E-state index contributed by atoms with van der Waals surface area (Å²) in [5, 5.41) is 13.3. The van der Waals surface area contributed by atoms with Crippen molar-refractivity contribution >= 4 is 11.4 Å². The normalized spacial score (nSPS) is 11.2. The fourth-order valence-corrected chi connectivity index (χ4v) is 1.85. The van der Waals surface area contributed by atoms with Crippen LogP contribution in [-0.2, 0) is 12.7 Å². The maximum Gasteiger partial charge on any atom is 0.416 e. The van der Waals surface area contributed by atoms with Crippen LogP contribution in [0.5, 0.6) is 0 Å². The Hall–Kier alpha value is -2.57. The number of benzene rings is 2. The molecule has 0 heterocycles. The van der Waals surface area contributed by atoms with E-state index < -0.39 is 16.7 Å². The number of hydrogen-bond donors (Lipinski definition) is 1. The first kappa shape index (κ1) is 14.8. The van der Waals surface area contributed by atoms with Crippen LogP contribution in [0.15, 0.2) is 48.5 Å². The third kappa shape index (κ3) is 3.71. The smallest absolute Gasteiger partial charge is 0.381 e. The van der Waals surface area contributed by atoms with E-state index in [1.54, 1.807) is 0 Å². The lowest BCUT2D eigenvalue weighted by molar-refractivity contribution is -0.384. The molecule has 0 spiro atoms. The highest BCUT2D eigenvalue weighted by atomic mass is 19.4. The third-order valence-corrected chi connectivity index (χ3v) is 2.88. The first-order valence-electron chi connectivity index (χ1n) is 6.01. The minimum absolute atomic E-state index is 0.0203. The lowest BCUT2D eigenvalue weighted by Gasteiger charge is -2.13. The van der Waals surface area contributed by atoms with Gasteiger partial charge in [-0.3, -0.25) is 10.1 Å². The molecule has 7 heteroatoms. The van der Waals surface area contributed by atoms with Crippen molar-refractivity contribution in [3.8, 4) is 0 Å². The molecule has 0 unspecified atom stereocenters. The average molecular weight is 296 g/mol. The first-order chi connectivity index (χ1) is 9.88. The summed E-state index contributed by atoms with van der Waals surface area (Å²) in [4.78, 5) is 9.97. The van der Waals surface area contributed by atoms with Gasteiger partial charge in [0, 0.05) is 24.4 Å². The topological polar surface area (TPSA) is 55.2 Å². The van der Waals surface area contributed by atoms with E-state index >= 15 is 0 Å². The molecule has 0 fully saturated rings. The van der Waals surface area contributed by atoms with Crippen molar-refractivity contribution < 1.29 is 18.1 Å². The van der Waals surface area contributed by atoms with Gasteiger partial charge in [0.1, 0.15) is 0 Å². The Balaban J connectivity index is 2.12. The van der Waals surface area contributed by atoms with Crippen molar-refractivity contribution in [1.82, 2.24) is 0 Å². The van der Waals surface area contributed by atoms with Crippen LogP contribution in [0.2, 0.25) is 0 Å². The maximum atomic E-state index is 12.8. The Morgan fingerprint density at radius 2 is 1.67 bits per heavy atom. The summed E-state index contributed by atoms with van der Waals surface area (Å²) in [5.74, 6) is 0. The summed E-state index contributed by atoms with van der Waals surface area (Å²) >= 11 is 0. The maximum absolute atomic E-state index is 12.8. The largest absolute Gasteiger partial charge is 0.416 e. The van der Waals surface area contributed by atoms with E-state index in [9.17, 15) is 23.3 Å². The van der Waals surface area contributed by atoms with E-state index in [2.05, 4.69) is 5.32 Å². The minimum atomic E-state index is -4.41. The first-order valence-corrected chi connectivity index (χ1v) is 6.01. The molecule has 2 aromatic rings. The second-order valence-corrected chi connectivity index (χ2v) is 4.31. The van der Waals surface area contributed by atoms with Crippen molar-refractivity contribution in [2.45, 2.75) is 12.7 Å². The number of anilines is 1. The molecule has 0 aliphatic rings. The predicted molar refractivity (Wildman–Crippen MR) is 71.9 cm³/mol. The van der Waals surface area contributed by atoms with E-state index in [-0.39, 0.29) is 17.8 Å². The summed E-state index contributed by atoms with van der Waals surface area (Å²) in [7, 11) is 0. The zero-order chi connectivity index (χ0) is 15.5. The number of nitrogens with one attached hydrogen (secondary N) is 1. The molecular weight excluding hydrogens is 285 g/mol. The van der Waals surface area contributed by atoms with Gasteiger partial charge in [-0.2, -0.15) is 13.2 Å². The molecule has 0 amide bonds. The highest BCUT2D eigenvalue weighted by Crippen LogP contribution is 2.32. The van der Waals surface area contributed by atoms with Crippen LogP contribution in [0.25, 0.3) is 0 Å². The zero-order valence-electron chi connectivity index (χ0n) is 10.7. The Morgan fingerprint density at radius 3 is 2.24 bits per heavy atom. The van der Waals surface area contributed by atoms with E-state index in [0.29, 0.717) is 5.69 Å². The molecule has 0 aliphatic heterocycles. The molecule has 4 nitrogen and oxygen atoms in total. The molecule has 0 atom stereocenters. The summed E-state index contributed by atoms with van der Waals surface area (Å²) in [6, 6.07) is 10.8. The molecule has 0 radical (unpaired) electrons. The quantitative estimate of drug-likeness (QED) is 0.678. The molecule has 21 heavy (non-hydrogen) atoms. The lowest BCUT2D eigenvalue weighted by atomic mass is 10.1. The van der Waals surface area contributed by atoms with Gasteiger partial charge < -0.3 is 5.32 Å². The van der Waals surface area contributed by atoms with E-state index in [0.717, 1.165) is 6.07 Å². The highest BCUT2D eigenvalue weighted by molar-refractivity contribution is 5.49. The van der Waals surface area contributed by atoms with Crippen molar-refractivity contribution in [2.75, 3.05) is 5.32 Å². The van der Waals surface area contributed by atoms with Gasteiger partial charge in [-0.05, 0) is 23.8 Å². The van der Waals surface area contributed by atoms with Gasteiger partial charge in [0.2, 0.25) is 0 Å². The van der Waals surface area contributed by atoms with Gasteiger partial charge in [0.25, 0.3) is 5.69 Å². The monoisotopic (exact) mass is 296 g/mol. The van der Waals surface area contributed by atoms with E-state index in [1.807, 2.05) is 0 Å². The van der Waals surface area contributed by atoms with Crippen LogP contribution in [0.1, 0.15) is 11.1 Å². The fourth-order valence-electron chi connectivity index (χ4n) is 1.85. The standard InChI is InChI=1S/C14H11F3N2O2/c15-14(16,17)13-4-2-1-3-10(13)9-18-11-5-7-12(8-6-11)19(20)21/h1-8,18H,9H2. The van der Waals surface area contributed by atoms with Gasteiger partial charge in [-0.15, -0.1) is 0 Å². The molecule has 0 saturated heterocycles. The number of hydrogen-bond acceptors (Lipinski definition) is 3. The molecule has 0 aromatic heterocycles. The van der Waals surface area contributed by atoms with Gasteiger partial charge >= 0.3 is 6.18 Å². The van der Waals surface area contributed by atoms with Crippen LogP contribution in [0.4, 0.5) is 24.5 Å². The van der Waals surface area contributed by atoms with Crippen LogP contribution >= 0.6 is 0 Å². The molecule has 1 N–H and O–H groups in total. The Morgan fingerprint density at radius 1 is 1.05 bits per heavy atom. The molecule has 110 valence electrons. The summed E-state index contributed by atoms with van der Waals surface area (Å²) < 4.78 is 38.4. The molecule has 0 saturated carbocycles. The van der Waals surface area contributed by atoms with Crippen LogP contribution in [0.3, 0.4) is 0 Å². The van der Waals surface area contributed by atoms with Crippen LogP contribution < -0.4 is 5.32 Å². The zero-order valence-corrected chi connectivity index (χ0v) is 10.7. The van der Waals surface area contributed by atoms with Gasteiger partial charge in [0.15, 0.2) is 0 Å². The summed E-state index contributed by atoms with van der Waals surface area (Å²) in [5.41, 5.74) is -0.142. The number of rotatable bonds is 4. The predicted octanol–water partition coefficient (Wildman–Crippen LogP) is 4.23. The summed E-state index contributed by atoms with van der Waals surface area (Å²) in [6.45, 7) is -0.0203. The SMILES string of the molecule is O=[N+]([O-])c1ccc(NCc2ccccc2C(F)(F)F)cc1. The lowest BCUT2D eigenvalue weighted by Crippen LogP contribution is -2.11. The van der Waals surface area contributed by atoms with Gasteiger partial charge in [-0.1, -0.05) is 18.2 Å². The van der Waals surface area contributed by atoms with Crippen LogP contribution in [-0.4, -0.2) is 4.92 Å². The Labute approximate surface area is 118 Å². The molecular formula is C14H11F3N2O2. The average Bonchev–Trinajstić information content (AvgIpc) is 2.45. The fraction of sp³-hybridized carbons (Fsp3) is 0.143. The van der Waals surface area contributed by atoms with Crippen molar-refractivity contribution in [1.29, 1.82) is 0 Å². The number of nitro benzene ring substituents is 1. The van der Waals surface area contributed by atoms with E-state index in [1.165, 1.54) is 42.5 Å². The number of alkyl halides is 3. The minimum Gasteiger partial charge on any atom is -0.381 e. The Kier molecular flexibility index (Phi) is 4.11. The molecule has 2 aromatic carbocycles. The third-order valence-electron chi connectivity index (χ3n) is 2.88. The number of halogens is 3. The van der Waals surface area contributed by atoms with E-state index in [4.69, 9.17) is 0 Å². The molecule has 2 rings (SSSR count). The van der Waals surface area contributed by atoms with Crippen molar-refractivity contribution in [3.05, 3.63) is 69.8 Å². The number of nitrogens with zero attached hydrogens (tertiary/aromatic N) is 1. The second kappa shape index (κ2) is 5.82. The Bertz CT molecular complexity index is 639.